The SMILES string of the molecule is CCC1(C(=O)NC(C)Cc2ccccc2)CCCNC1. The minimum Gasteiger partial charge on any atom is -0.353 e. The van der Waals surface area contributed by atoms with E-state index in [1.165, 1.54) is 5.56 Å². The number of rotatable bonds is 5. The highest BCUT2D eigenvalue weighted by molar-refractivity contribution is 5.83. The van der Waals surface area contributed by atoms with E-state index in [1.807, 2.05) is 18.2 Å². The van der Waals surface area contributed by atoms with Crippen molar-refractivity contribution in [3.8, 4) is 0 Å². The van der Waals surface area contributed by atoms with Crippen molar-refractivity contribution in [2.75, 3.05) is 13.1 Å². The predicted octanol–water partition coefficient (Wildman–Crippen LogP) is 2.51. The molecule has 1 amide bonds. The fourth-order valence-corrected chi connectivity index (χ4v) is 3.02. The third-order valence-corrected chi connectivity index (χ3v) is 4.39. The highest BCUT2D eigenvalue weighted by Crippen LogP contribution is 2.30. The van der Waals surface area contributed by atoms with Crippen molar-refractivity contribution in [2.24, 2.45) is 5.41 Å². The van der Waals surface area contributed by atoms with Crippen LogP contribution in [0, 0.1) is 5.41 Å². The smallest absolute Gasteiger partial charge is 0.227 e. The second kappa shape index (κ2) is 6.89. The van der Waals surface area contributed by atoms with Crippen LogP contribution in [-0.2, 0) is 11.2 Å². The van der Waals surface area contributed by atoms with Gasteiger partial charge in [0.25, 0.3) is 0 Å². The Bertz CT molecular complexity index is 424. The van der Waals surface area contributed by atoms with E-state index in [0.29, 0.717) is 0 Å². The van der Waals surface area contributed by atoms with E-state index in [-0.39, 0.29) is 17.4 Å². The fourth-order valence-electron chi connectivity index (χ4n) is 3.02. The molecule has 2 unspecified atom stereocenters. The van der Waals surface area contributed by atoms with Gasteiger partial charge in [-0.15, -0.1) is 0 Å². The largest absolute Gasteiger partial charge is 0.353 e. The molecule has 0 spiro atoms. The molecule has 0 aliphatic carbocycles. The molecule has 2 atom stereocenters. The second-order valence-corrected chi connectivity index (χ2v) is 5.98. The summed E-state index contributed by atoms with van der Waals surface area (Å²) in [4.78, 5) is 12.6. The van der Waals surface area contributed by atoms with Crippen molar-refractivity contribution >= 4 is 5.91 Å². The van der Waals surface area contributed by atoms with E-state index >= 15 is 0 Å². The molecule has 0 aromatic heterocycles. The third kappa shape index (κ3) is 3.60. The van der Waals surface area contributed by atoms with Crippen molar-refractivity contribution in [1.82, 2.24) is 10.6 Å². The molecule has 0 radical (unpaired) electrons. The molecule has 1 heterocycles. The minimum absolute atomic E-state index is 0.176. The first-order valence-electron chi connectivity index (χ1n) is 7.72. The average Bonchev–Trinajstić information content (AvgIpc) is 2.48. The predicted molar refractivity (Wildman–Crippen MR) is 82.6 cm³/mol. The molecule has 20 heavy (non-hydrogen) atoms. The van der Waals surface area contributed by atoms with Gasteiger partial charge in [-0.25, -0.2) is 0 Å². The van der Waals surface area contributed by atoms with E-state index in [4.69, 9.17) is 0 Å². The van der Waals surface area contributed by atoms with Gasteiger partial charge in [-0.1, -0.05) is 37.3 Å². The highest BCUT2D eigenvalue weighted by atomic mass is 16.2. The molecule has 1 aromatic rings. The summed E-state index contributed by atoms with van der Waals surface area (Å²) in [6.45, 7) is 6.06. The van der Waals surface area contributed by atoms with Crippen LogP contribution in [0.3, 0.4) is 0 Å². The number of hydrogen-bond donors (Lipinski definition) is 2. The first-order chi connectivity index (χ1) is 9.66. The Labute approximate surface area is 122 Å². The standard InChI is InChI=1S/C17H26N2O/c1-3-17(10-7-11-18-13-17)16(20)19-14(2)12-15-8-5-4-6-9-15/h4-6,8-9,14,18H,3,7,10-13H2,1-2H3,(H,19,20). The van der Waals surface area contributed by atoms with E-state index in [0.717, 1.165) is 38.8 Å². The molecule has 110 valence electrons. The van der Waals surface area contributed by atoms with E-state index in [1.54, 1.807) is 0 Å². The number of hydrogen-bond acceptors (Lipinski definition) is 2. The number of carbonyl (C=O) groups is 1. The maximum absolute atomic E-state index is 12.6. The summed E-state index contributed by atoms with van der Waals surface area (Å²) in [6, 6.07) is 10.5. The van der Waals surface area contributed by atoms with Crippen molar-refractivity contribution in [3.63, 3.8) is 0 Å². The fraction of sp³-hybridized carbons (Fsp3) is 0.588. The van der Waals surface area contributed by atoms with Gasteiger partial charge in [0.15, 0.2) is 0 Å². The lowest BCUT2D eigenvalue weighted by Gasteiger charge is -2.36. The van der Waals surface area contributed by atoms with Crippen LogP contribution in [0.5, 0.6) is 0 Å². The Kier molecular flexibility index (Phi) is 5.18. The summed E-state index contributed by atoms with van der Waals surface area (Å²) in [7, 11) is 0. The Hall–Kier alpha value is -1.35. The maximum Gasteiger partial charge on any atom is 0.227 e. The summed E-state index contributed by atoms with van der Waals surface area (Å²) in [6.07, 6.45) is 3.89. The first-order valence-corrected chi connectivity index (χ1v) is 7.72. The van der Waals surface area contributed by atoms with Crippen LogP contribution in [0.2, 0.25) is 0 Å². The molecule has 2 rings (SSSR count). The normalized spacial score (nSPS) is 24.1. The lowest BCUT2D eigenvalue weighted by Crippen LogP contribution is -2.52. The first kappa shape index (κ1) is 15.0. The monoisotopic (exact) mass is 274 g/mol. The van der Waals surface area contributed by atoms with Gasteiger partial charge in [0.05, 0.1) is 5.41 Å². The molecule has 2 N–H and O–H groups in total. The number of nitrogens with one attached hydrogen (secondary N) is 2. The van der Waals surface area contributed by atoms with Crippen LogP contribution in [0.4, 0.5) is 0 Å². The molecule has 0 saturated carbocycles. The van der Waals surface area contributed by atoms with Gasteiger partial charge in [0.2, 0.25) is 5.91 Å². The van der Waals surface area contributed by atoms with E-state index < -0.39 is 0 Å². The third-order valence-electron chi connectivity index (χ3n) is 4.39. The van der Waals surface area contributed by atoms with Crippen LogP contribution in [0.15, 0.2) is 30.3 Å². The van der Waals surface area contributed by atoms with Gasteiger partial charge >= 0.3 is 0 Å². The quantitative estimate of drug-likeness (QED) is 0.866. The van der Waals surface area contributed by atoms with Gasteiger partial charge in [0.1, 0.15) is 0 Å². The Balaban J connectivity index is 1.92. The minimum atomic E-state index is -0.205. The Morgan fingerprint density at radius 3 is 2.75 bits per heavy atom. The second-order valence-electron chi connectivity index (χ2n) is 5.98. The maximum atomic E-state index is 12.6. The molecule has 3 heteroatoms. The molecule has 3 nitrogen and oxygen atoms in total. The van der Waals surface area contributed by atoms with Gasteiger partial charge < -0.3 is 10.6 Å². The lowest BCUT2D eigenvalue weighted by atomic mass is 9.77. The van der Waals surface area contributed by atoms with Gasteiger partial charge in [-0.2, -0.15) is 0 Å². The molecule has 1 aliphatic heterocycles. The highest BCUT2D eigenvalue weighted by Gasteiger charge is 2.38. The van der Waals surface area contributed by atoms with Crippen molar-refractivity contribution < 1.29 is 4.79 Å². The van der Waals surface area contributed by atoms with Gasteiger partial charge in [-0.05, 0) is 44.7 Å². The molecular formula is C17H26N2O. The molecule has 1 aliphatic rings. The van der Waals surface area contributed by atoms with Crippen molar-refractivity contribution in [3.05, 3.63) is 35.9 Å². The van der Waals surface area contributed by atoms with Gasteiger partial charge in [-0.3, -0.25) is 4.79 Å². The van der Waals surface area contributed by atoms with Crippen LogP contribution in [0.1, 0.15) is 38.7 Å². The molecular weight excluding hydrogens is 248 g/mol. The van der Waals surface area contributed by atoms with E-state index in [9.17, 15) is 4.79 Å². The zero-order valence-electron chi connectivity index (χ0n) is 12.6. The number of carbonyl (C=O) groups excluding carboxylic acids is 1. The summed E-state index contributed by atoms with van der Waals surface area (Å²) in [5, 5.41) is 6.58. The van der Waals surface area contributed by atoms with Crippen molar-refractivity contribution in [2.45, 2.75) is 45.6 Å². The number of piperidine rings is 1. The molecule has 1 saturated heterocycles. The van der Waals surface area contributed by atoms with Crippen LogP contribution < -0.4 is 10.6 Å². The Morgan fingerprint density at radius 2 is 2.15 bits per heavy atom. The zero-order valence-corrected chi connectivity index (χ0v) is 12.6. The Morgan fingerprint density at radius 1 is 1.40 bits per heavy atom. The zero-order chi connectivity index (χ0) is 14.4. The average molecular weight is 274 g/mol. The van der Waals surface area contributed by atoms with Crippen LogP contribution >= 0.6 is 0 Å². The van der Waals surface area contributed by atoms with E-state index in [2.05, 4.69) is 36.6 Å². The lowest BCUT2D eigenvalue weighted by molar-refractivity contribution is -0.133. The van der Waals surface area contributed by atoms with Crippen LogP contribution in [-0.4, -0.2) is 25.0 Å². The molecule has 1 fully saturated rings. The van der Waals surface area contributed by atoms with Crippen molar-refractivity contribution in [1.29, 1.82) is 0 Å². The summed E-state index contributed by atoms with van der Waals surface area (Å²) >= 11 is 0. The molecule has 1 aromatic carbocycles. The summed E-state index contributed by atoms with van der Waals surface area (Å²) in [5.74, 6) is 0.218. The van der Waals surface area contributed by atoms with Crippen LogP contribution in [0.25, 0.3) is 0 Å². The topological polar surface area (TPSA) is 41.1 Å². The molecule has 0 bridgehead atoms. The van der Waals surface area contributed by atoms with Gasteiger partial charge in [0, 0.05) is 12.6 Å². The number of amides is 1. The summed E-state index contributed by atoms with van der Waals surface area (Å²) < 4.78 is 0. The number of benzene rings is 1. The summed E-state index contributed by atoms with van der Waals surface area (Å²) in [5.41, 5.74) is 1.07.